The van der Waals surface area contributed by atoms with Crippen molar-refractivity contribution in [2.75, 3.05) is 51.2 Å². The van der Waals surface area contributed by atoms with Gasteiger partial charge in [-0.25, -0.2) is 9.76 Å². The molecule has 0 radical (unpaired) electrons. The predicted octanol–water partition coefficient (Wildman–Crippen LogP) is 4.85. The summed E-state index contributed by atoms with van der Waals surface area (Å²) < 4.78 is 108. The normalized spacial score (nSPS) is 52.5. The molecular formula is C67H101Cl2N2O21P. The standard InChI is InChI=1S/C60H86O19.C7H15Cl2N2O2P/c1-28-19-42-44(22-48-54(76-42)30(3)52(65)58-55(77-48)29(2)31(4)60(79-58)25-33(63)27-67-60)73-46-24-51-59(5,78-47(46)20-28)50(64)23-45-36(74-51)11-7-6-10-35-37(71-45)15-16-39-38(69-35)17-18-40-43(70-39)21-49-57(75-40)53(66)56-41(72-49)12-8-9-34(68-56)14-13-32(62)26-61;8-2-5-11(6-3-9)14(12)10-4-1-7-13-14/h6-9,13-18,28-58,61-66H,10-12,19-27H2,1-5H3;1-7H2,(H,10,12)/b7-6-,14-13+;/t28-,29+,30+,31+,32+,33+,34-,35-,36+,37+,38+,39-,40-,41+,42+,43+,44-,45-,46+,47-,48+,49-,50-,51-,52+,53-,54-,55-,56+,57-,58+,59+,60-;/m1./s1. The first-order valence-electron chi connectivity index (χ1n) is 34.6. The summed E-state index contributed by atoms with van der Waals surface area (Å²) in [5.41, 5.74) is -1.04. The molecule has 0 bridgehead atoms. The third-order valence-corrected chi connectivity index (χ3v) is 25.2. The van der Waals surface area contributed by atoms with Crippen LogP contribution < -0.4 is 5.09 Å². The van der Waals surface area contributed by atoms with E-state index in [0.29, 0.717) is 89.2 Å². The molecule has 14 aliphatic rings. The van der Waals surface area contributed by atoms with Gasteiger partial charge in [0, 0.05) is 75.3 Å². The molecule has 7 N–H and O–H groups in total. The van der Waals surface area contributed by atoms with E-state index < -0.39 is 142 Å². The lowest BCUT2D eigenvalue weighted by Gasteiger charge is -2.53. The first kappa shape index (κ1) is 70.1. The first-order chi connectivity index (χ1) is 44.8. The first-order valence-corrected chi connectivity index (χ1v) is 37.2. The highest BCUT2D eigenvalue weighted by atomic mass is 35.5. The minimum atomic E-state index is -2.84. The molecule has 14 heterocycles. The number of nitrogens with one attached hydrogen (secondary N) is 1. The Labute approximate surface area is 556 Å². The maximum atomic E-state index is 12.4. The van der Waals surface area contributed by atoms with Crippen LogP contribution in [0, 0.1) is 23.7 Å². The van der Waals surface area contributed by atoms with Crippen molar-refractivity contribution in [1.82, 2.24) is 9.76 Å². The van der Waals surface area contributed by atoms with Crippen molar-refractivity contribution in [3.63, 3.8) is 0 Å². The van der Waals surface area contributed by atoms with Crippen LogP contribution in [-0.2, 0) is 70.7 Å². The highest BCUT2D eigenvalue weighted by Crippen LogP contribution is 2.53. The third-order valence-electron chi connectivity index (χ3n) is 22.5. The van der Waals surface area contributed by atoms with Gasteiger partial charge in [-0.3, -0.25) is 4.57 Å². The highest BCUT2D eigenvalue weighted by molar-refractivity contribution is 7.54. The summed E-state index contributed by atoms with van der Waals surface area (Å²) in [6.45, 7) is 12.6. The number of rotatable bonds is 8. The number of halogens is 2. The van der Waals surface area contributed by atoms with E-state index >= 15 is 0 Å². The van der Waals surface area contributed by atoms with Crippen LogP contribution in [0.5, 0.6) is 0 Å². The summed E-state index contributed by atoms with van der Waals surface area (Å²) in [5, 5.41) is 68.8. The highest BCUT2D eigenvalue weighted by Gasteiger charge is 2.63. The van der Waals surface area contributed by atoms with Crippen molar-refractivity contribution < 1.29 is 101 Å². The summed E-state index contributed by atoms with van der Waals surface area (Å²) in [5.74, 6) is -0.349. The van der Waals surface area contributed by atoms with E-state index in [1.165, 1.54) is 6.08 Å². The maximum absolute atomic E-state index is 12.4. The third kappa shape index (κ3) is 14.5. The zero-order valence-electron chi connectivity index (χ0n) is 54.1. The fourth-order valence-corrected chi connectivity index (χ4v) is 19.8. The Balaban J connectivity index is 0.000000501. The molecule has 23 nitrogen and oxygen atoms in total. The zero-order valence-corrected chi connectivity index (χ0v) is 56.5. The maximum Gasteiger partial charge on any atom is 0.343 e. The molecule has 0 amide bonds. The van der Waals surface area contributed by atoms with E-state index in [1.54, 1.807) is 10.7 Å². The molecule has 14 rings (SSSR count). The van der Waals surface area contributed by atoms with Gasteiger partial charge in [0.2, 0.25) is 0 Å². The molecule has 10 saturated heterocycles. The number of aliphatic hydroxyl groups excluding tert-OH is 6. The summed E-state index contributed by atoms with van der Waals surface area (Å²) in [4.78, 5) is 0. The average Bonchev–Trinajstić information content (AvgIpc) is 1.67. The van der Waals surface area contributed by atoms with Crippen molar-refractivity contribution >= 4 is 30.9 Å². The van der Waals surface area contributed by atoms with E-state index in [4.69, 9.17) is 89.3 Å². The second kappa shape index (κ2) is 29.7. The largest absolute Gasteiger partial charge is 0.393 e. The molecule has 1 unspecified atom stereocenters. The molecule has 524 valence electrons. The Morgan fingerprint density at radius 3 is 1.96 bits per heavy atom. The summed E-state index contributed by atoms with van der Waals surface area (Å²) in [6.07, 6.45) is 11.3. The van der Waals surface area contributed by atoms with Crippen LogP contribution in [0.1, 0.15) is 105 Å². The quantitative estimate of drug-likeness (QED) is 0.0971. The van der Waals surface area contributed by atoms with E-state index in [0.717, 1.165) is 19.4 Å². The van der Waals surface area contributed by atoms with Crippen LogP contribution in [0.2, 0.25) is 0 Å². The van der Waals surface area contributed by atoms with E-state index in [9.17, 15) is 35.2 Å². The number of aliphatic hydroxyl groups is 6. The molecule has 10 fully saturated rings. The minimum absolute atomic E-state index is 0.0318. The van der Waals surface area contributed by atoms with Gasteiger partial charge in [0.15, 0.2) is 5.79 Å². The predicted molar refractivity (Wildman–Crippen MR) is 338 cm³/mol. The average molecular weight is 1370 g/mol. The summed E-state index contributed by atoms with van der Waals surface area (Å²) >= 11 is 11.2. The van der Waals surface area contributed by atoms with Crippen LogP contribution in [-0.4, -0.2) is 263 Å². The second-order valence-electron chi connectivity index (χ2n) is 28.8. The van der Waals surface area contributed by atoms with Gasteiger partial charge >= 0.3 is 7.67 Å². The lowest BCUT2D eigenvalue weighted by atomic mass is 9.75. The number of nitrogens with zero attached hydrogens (tertiary/aromatic N) is 1. The van der Waals surface area contributed by atoms with Crippen LogP contribution in [0.3, 0.4) is 0 Å². The van der Waals surface area contributed by atoms with Crippen LogP contribution in [0.25, 0.3) is 0 Å². The van der Waals surface area contributed by atoms with Crippen molar-refractivity contribution in [1.29, 1.82) is 0 Å². The number of hydrogen-bond acceptors (Lipinski definition) is 21. The molecule has 0 aromatic heterocycles. The van der Waals surface area contributed by atoms with Crippen LogP contribution in [0.15, 0.2) is 60.8 Å². The van der Waals surface area contributed by atoms with Gasteiger partial charge in [0.1, 0.15) is 54.4 Å². The van der Waals surface area contributed by atoms with E-state index in [1.807, 2.05) is 50.3 Å². The second-order valence-corrected chi connectivity index (χ2v) is 31.7. The molecule has 0 saturated carbocycles. The smallest absolute Gasteiger partial charge is 0.343 e. The fourth-order valence-electron chi connectivity index (χ4n) is 17.2. The Morgan fingerprint density at radius 2 is 1.24 bits per heavy atom. The molecule has 0 aliphatic carbocycles. The molecule has 34 atom stereocenters. The lowest BCUT2D eigenvalue weighted by Crippen LogP contribution is -2.63. The lowest BCUT2D eigenvalue weighted by molar-refractivity contribution is -0.339. The molecule has 26 heteroatoms. The topological polar surface area (TPSA) is 283 Å². The minimum Gasteiger partial charge on any atom is -0.393 e. The Bertz CT molecular complexity index is 2710. The zero-order chi connectivity index (χ0) is 65.1. The fraction of sp³-hybridized carbons (Fsp3) is 0.851. The van der Waals surface area contributed by atoms with Gasteiger partial charge < -0.3 is 96.7 Å². The van der Waals surface area contributed by atoms with Crippen LogP contribution >= 0.6 is 30.9 Å². The Morgan fingerprint density at radius 1 is 0.613 bits per heavy atom. The van der Waals surface area contributed by atoms with Gasteiger partial charge in [-0.1, -0.05) is 88.5 Å². The van der Waals surface area contributed by atoms with Crippen molar-refractivity contribution in [2.24, 2.45) is 23.7 Å². The van der Waals surface area contributed by atoms with Crippen LogP contribution in [0.4, 0.5) is 0 Å². The number of hydrogen-bond donors (Lipinski definition) is 7. The Hall–Kier alpha value is -1.37. The van der Waals surface area contributed by atoms with Crippen molar-refractivity contribution in [3.05, 3.63) is 60.8 Å². The van der Waals surface area contributed by atoms with Gasteiger partial charge in [0.05, 0.1) is 136 Å². The molecular weight excluding hydrogens is 1270 g/mol. The molecule has 0 aromatic rings. The van der Waals surface area contributed by atoms with Crippen molar-refractivity contribution in [3.8, 4) is 0 Å². The monoisotopic (exact) mass is 1370 g/mol. The van der Waals surface area contributed by atoms with Gasteiger partial charge in [-0.15, -0.1) is 23.2 Å². The summed E-state index contributed by atoms with van der Waals surface area (Å²) in [6, 6.07) is 0. The molecule has 0 aromatic carbocycles. The molecule has 1 spiro atoms. The van der Waals surface area contributed by atoms with Gasteiger partial charge in [-0.2, -0.15) is 0 Å². The number of ether oxygens (including phenoxy) is 13. The summed E-state index contributed by atoms with van der Waals surface area (Å²) in [7, 11) is -2.84. The number of alkyl halides is 2. The molecule has 14 aliphatic heterocycles. The Kier molecular flexibility index (Phi) is 22.4. The molecule has 93 heavy (non-hydrogen) atoms. The number of fused-ring (bicyclic) bond motifs is 11. The SMILES string of the molecule is C[C@@H]1C[C@@H]2O[C@@H]3[C@@H](C)[C@H](O)[C@@H]4O[C@]5(C[C@H](O)CO5)[C@@H](C)[C@H](C)[C@H]4O[C@H]3C[C@H]2O[C@H]2C[C@H]3O[C@H]4C/C=C\C[C@H]5O[C@H]6C=C[C@H]7O[C@H]8[C@H](O)[C@H]9O[C@@H](/C=C/[C@H](O)CO)C=CC[C@@H]9O[C@@H]8C[C@@H]7O[C@@H]6C=C[C@@H]5O[C@@H]4C[C@@H](O)[C@]3(C)O[C@@H]2C1.O=P1(N(CCCl)CCCl)NCCCO1. The van der Waals surface area contributed by atoms with Crippen molar-refractivity contribution in [2.45, 2.75) is 281 Å². The van der Waals surface area contributed by atoms with Gasteiger partial charge in [0.25, 0.3) is 0 Å². The van der Waals surface area contributed by atoms with Gasteiger partial charge in [-0.05, 0) is 57.3 Å². The van der Waals surface area contributed by atoms with E-state index in [-0.39, 0.29) is 79.1 Å². The van der Waals surface area contributed by atoms with E-state index in [2.05, 4.69) is 38.0 Å².